The average Bonchev–Trinajstić information content (AvgIpc) is 3.14. The van der Waals surface area contributed by atoms with Crippen molar-refractivity contribution in [1.29, 1.82) is 0 Å². The van der Waals surface area contributed by atoms with Gasteiger partial charge in [-0.25, -0.2) is 0 Å². The quantitative estimate of drug-likeness (QED) is 0.236. The molecule has 0 saturated heterocycles. The SMILES string of the molecule is O=[N+]([O-])c1cc(C(F)(F)F)cc2c1Nc1ccc(-c3cc4ccccc4[nH]3)cc1S2. The fourth-order valence-electron chi connectivity index (χ4n) is 3.47. The van der Waals surface area contributed by atoms with Gasteiger partial charge in [-0.05, 0) is 35.9 Å². The van der Waals surface area contributed by atoms with Gasteiger partial charge in [0.05, 0.1) is 16.2 Å². The number of hydrogen-bond donors (Lipinski definition) is 2. The van der Waals surface area contributed by atoms with Crippen LogP contribution in [0, 0.1) is 10.1 Å². The van der Waals surface area contributed by atoms with Gasteiger partial charge in [-0.1, -0.05) is 36.0 Å². The van der Waals surface area contributed by atoms with Crippen molar-refractivity contribution in [2.45, 2.75) is 16.0 Å². The Kier molecular flexibility index (Phi) is 4.04. The topological polar surface area (TPSA) is 71.0 Å². The zero-order valence-electron chi connectivity index (χ0n) is 15.1. The van der Waals surface area contributed by atoms with Crippen LogP contribution in [0.15, 0.2) is 70.5 Å². The van der Waals surface area contributed by atoms with Gasteiger partial charge in [0.15, 0.2) is 0 Å². The van der Waals surface area contributed by atoms with Crippen LogP contribution < -0.4 is 5.32 Å². The summed E-state index contributed by atoms with van der Waals surface area (Å²) in [5, 5.41) is 15.4. The van der Waals surface area contributed by atoms with E-state index in [1.807, 2.05) is 42.5 Å². The molecular formula is C21H12F3N3O2S. The summed E-state index contributed by atoms with van der Waals surface area (Å²) in [5.41, 5.74) is 1.76. The van der Waals surface area contributed by atoms with Gasteiger partial charge >= 0.3 is 6.18 Å². The maximum Gasteiger partial charge on any atom is 0.416 e. The van der Waals surface area contributed by atoms with E-state index in [2.05, 4.69) is 10.3 Å². The zero-order valence-corrected chi connectivity index (χ0v) is 15.9. The first-order valence-electron chi connectivity index (χ1n) is 8.86. The number of rotatable bonds is 2. The number of alkyl halides is 3. The molecule has 150 valence electrons. The van der Waals surface area contributed by atoms with E-state index in [1.165, 1.54) is 0 Å². The molecule has 0 amide bonds. The Morgan fingerprint density at radius 1 is 0.967 bits per heavy atom. The van der Waals surface area contributed by atoms with Crippen molar-refractivity contribution in [3.63, 3.8) is 0 Å². The number of anilines is 2. The first kappa shape index (κ1) is 18.6. The Labute approximate surface area is 172 Å². The fourth-order valence-corrected chi connectivity index (χ4v) is 4.57. The summed E-state index contributed by atoms with van der Waals surface area (Å²) in [4.78, 5) is 14.7. The number of halogens is 3. The number of nitrogens with zero attached hydrogens (tertiary/aromatic N) is 1. The highest BCUT2D eigenvalue weighted by atomic mass is 32.2. The molecule has 0 bridgehead atoms. The predicted molar refractivity (Wildman–Crippen MR) is 109 cm³/mol. The van der Waals surface area contributed by atoms with Gasteiger partial charge in [-0.2, -0.15) is 13.2 Å². The van der Waals surface area contributed by atoms with Crippen LogP contribution in [0.25, 0.3) is 22.2 Å². The van der Waals surface area contributed by atoms with Crippen LogP contribution in [0.2, 0.25) is 0 Å². The Morgan fingerprint density at radius 2 is 1.77 bits per heavy atom. The number of fused-ring (bicyclic) bond motifs is 3. The van der Waals surface area contributed by atoms with Crippen LogP contribution in [0.3, 0.4) is 0 Å². The maximum atomic E-state index is 13.2. The molecule has 2 heterocycles. The Hall–Kier alpha value is -3.46. The smallest absolute Gasteiger partial charge is 0.355 e. The van der Waals surface area contributed by atoms with Crippen molar-refractivity contribution >= 4 is 39.7 Å². The third-order valence-corrected chi connectivity index (χ3v) is 6.01. The normalized spacial score (nSPS) is 12.9. The summed E-state index contributed by atoms with van der Waals surface area (Å²) in [7, 11) is 0. The molecule has 0 fully saturated rings. The van der Waals surface area contributed by atoms with E-state index >= 15 is 0 Å². The number of H-pyrrole nitrogens is 1. The molecule has 1 aliphatic heterocycles. The molecule has 4 aromatic rings. The van der Waals surface area contributed by atoms with Gasteiger partial charge in [0.2, 0.25) is 0 Å². The molecule has 5 nitrogen and oxygen atoms in total. The largest absolute Gasteiger partial charge is 0.416 e. The molecule has 3 aromatic carbocycles. The van der Waals surface area contributed by atoms with Crippen LogP contribution in [-0.4, -0.2) is 9.91 Å². The first-order valence-corrected chi connectivity index (χ1v) is 9.68. The lowest BCUT2D eigenvalue weighted by Crippen LogP contribution is -2.10. The number of nitro benzene ring substituents is 1. The molecule has 0 atom stereocenters. The maximum absolute atomic E-state index is 13.2. The molecule has 30 heavy (non-hydrogen) atoms. The van der Waals surface area contributed by atoms with Crippen molar-refractivity contribution in [2.24, 2.45) is 0 Å². The van der Waals surface area contributed by atoms with Crippen molar-refractivity contribution in [3.05, 3.63) is 76.3 Å². The minimum Gasteiger partial charge on any atom is -0.355 e. The van der Waals surface area contributed by atoms with E-state index in [9.17, 15) is 23.3 Å². The number of hydrogen-bond acceptors (Lipinski definition) is 4. The monoisotopic (exact) mass is 427 g/mol. The van der Waals surface area contributed by atoms with E-state index in [0.717, 1.165) is 40.0 Å². The molecule has 0 aliphatic carbocycles. The van der Waals surface area contributed by atoms with Crippen LogP contribution in [0.4, 0.5) is 30.2 Å². The summed E-state index contributed by atoms with van der Waals surface area (Å²) in [5.74, 6) is 0. The van der Waals surface area contributed by atoms with Crippen molar-refractivity contribution in [2.75, 3.05) is 5.32 Å². The lowest BCUT2D eigenvalue weighted by molar-refractivity contribution is -0.384. The highest BCUT2D eigenvalue weighted by Gasteiger charge is 2.36. The van der Waals surface area contributed by atoms with Gasteiger partial charge in [0.25, 0.3) is 5.69 Å². The summed E-state index contributed by atoms with van der Waals surface area (Å²) >= 11 is 1.08. The molecule has 1 aromatic heterocycles. The molecular weight excluding hydrogens is 415 g/mol. The van der Waals surface area contributed by atoms with Crippen molar-refractivity contribution in [3.8, 4) is 11.3 Å². The summed E-state index contributed by atoms with van der Waals surface area (Å²) in [6, 6.07) is 16.8. The zero-order chi connectivity index (χ0) is 21.0. The van der Waals surface area contributed by atoms with Crippen LogP contribution in [-0.2, 0) is 6.18 Å². The Balaban J connectivity index is 1.59. The number of para-hydroxylation sites is 1. The van der Waals surface area contributed by atoms with Crippen LogP contribution in [0.5, 0.6) is 0 Å². The third-order valence-electron chi connectivity index (χ3n) is 4.91. The summed E-state index contributed by atoms with van der Waals surface area (Å²) < 4.78 is 39.7. The lowest BCUT2D eigenvalue weighted by Gasteiger charge is -2.22. The van der Waals surface area contributed by atoms with Crippen LogP contribution in [0.1, 0.15) is 5.56 Å². The first-order chi connectivity index (χ1) is 14.3. The second kappa shape index (κ2) is 6.53. The molecule has 0 unspecified atom stereocenters. The minimum absolute atomic E-state index is 0.0730. The minimum atomic E-state index is -4.67. The summed E-state index contributed by atoms with van der Waals surface area (Å²) in [6.07, 6.45) is -4.67. The highest BCUT2D eigenvalue weighted by molar-refractivity contribution is 7.99. The molecule has 5 rings (SSSR count). The number of aromatic amines is 1. The lowest BCUT2D eigenvalue weighted by atomic mass is 10.1. The van der Waals surface area contributed by atoms with Crippen molar-refractivity contribution < 1.29 is 18.1 Å². The van der Waals surface area contributed by atoms with E-state index in [-0.39, 0.29) is 10.6 Å². The van der Waals surface area contributed by atoms with Gasteiger partial charge < -0.3 is 10.3 Å². The second-order valence-corrected chi connectivity index (χ2v) is 7.92. The Morgan fingerprint density at radius 3 is 2.50 bits per heavy atom. The second-order valence-electron chi connectivity index (χ2n) is 6.83. The molecule has 9 heteroatoms. The van der Waals surface area contributed by atoms with Crippen molar-refractivity contribution in [1.82, 2.24) is 4.98 Å². The Bertz CT molecular complexity index is 1300. The van der Waals surface area contributed by atoms with Gasteiger partial charge in [-0.3, -0.25) is 10.1 Å². The fraction of sp³-hybridized carbons (Fsp3) is 0.0476. The molecule has 0 radical (unpaired) electrons. The highest BCUT2D eigenvalue weighted by Crippen LogP contribution is 2.50. The standard InChI is InChI=1S/C21H12F3N3O2S/c22-21(23,24)13-9-17(27(28)29)20-19(10-13)30-18-8-12(5-6-15(18)26-20)16-7-11-3-1-2-4-14(11)25-16/h1-10,25-26H. The number of aromatic nitrogens is 1. The third kappa shape index (κ3) is 3.07. The average molecular weight is 427 g/mol. The van der Waals surface area contributed by atoms with Gasteiger partial charge in [0.1, 0.15) is 5.69 Å². The predicted octanol–water partition coefficient (Wildman–Crippen LogP) is 6.97. The molecule has 2 N–H and O–H groups in total. The summed E-state index contributed by atoms with van der Waals surface area (Å²) in [6.45, 7) is 0. The number of nitro groups is 1. The van der Waals surface area contributed by atoms with Crippen LogP contribution >= 0.6 is 11.8 Å². The molecule has 0 spiro atoms. The van der Waals surface area contributed by atoms with E-state index < -0.39 is 22.4 Å². The molecule has 0 saturated carbocycles. The number of nitrogens with one attached hydrogen (secondary N) is 2. The van der Waals surface area contributed by atoms with E-state index in [0.29, 0.717) is 16.6 Å². The van der Waals surface area contributed by atoms with E-state index in [4.69, 9.17) is 0 Å². The van der Waals surface area contributed by atoms with Gasteiger partial charge in [0, 0.05) is 32.5 Å². The molecule has 1 aliphatic rings. The number of benzene rings is 3. The van der Waals surface area contributed by atoms with E-state index in [1.54, 1.807) is 6.07 Å². The van der Waals surface area contributed by atoms with Gasteiger partial charge in [-0.15, -0.1) is 0 Å².